The fourth-order valence-electron chi connectivity index (χ4n) is 3.55. The number of amides is 1. The minimum atomic E-state index is -0.522. The monoisotopic (exact) mass is 447 g/mol. The molecule has 0 saturated heterocycles. The molecule has 0 unspecified atom stereocenters. The molecular formula is C28H49NO3. The molecule has 0 heterocycles. The molecule has 184 valence electrons. The largest absolute Gasteiger partial charge is 0.494 e. The number of carbonyl (C=O) groups excluding carboxylic acids is 1. The number of ether oxygens (including phenoxy) is 2. The zero-order valence-corrected chi connectivity index (χ0v) is 22.0. The van der Waals surface area contributed by atoms with Gasteiger partial charge in [0.1, 0.15) is 11.4 Å². The quantitative estimate of drug-likeness (QED) is 0.267. The molecule has 1 amide bonds. The Bertz CT molecular complexity index is 626. The second-order valence-electron chi connectivity index (χ2n) is 11.2. The third kappa shape index (κ3) is 13.6. The molecule has 0 bridgehead atoms. The lowest BCUT2D eigenvalue weighted by Crippen LogP contribution is -2.41. The van der Waals surface area contributed by atoms with Crippen LogP contribution in [0.25, 0.3) is 0 Å². The van der Waals surface area contributed by atoms with Gasteiger partial charge >= 0.3 is 6.09 Å². The van der Waals surface area contributed by atoms with Crippen LogP contribution in [0.5, 0.6) is 5.75 Å². The average molecular weight is 448 g/mol. The van der Waals surface area contributed by atoms with Crippen molar-refractivity contribution in [2.75, 3.05) is 18.1 Å². The van der Waals surface area contributed by atoms with Crippen molar-refractivity contribution in [3.05, 3.63) is 24.3 Å². The van der Waals surface area contributed by atoms with Crippen molar-refractivity contribution in [1.82, 2.24) is 0 Å². The predicted octanol–water partition coefficient (Wildman–Crippen LogP) is 8.77. The smallest absolute Gasteiger partial charge is 0.414 e. The van der Waals surface area contributed by atoms with Crippen LogP contribution in [0.3, 0.4) is 0 Å². The first kappa shape index (κ1) is 28.3. The third-order valence-electron chi connectivity index (χ3n) is 5.16. The molecule has 1 aromatic rings. The predicted molar refractivity (Wildman–Crippen MR) is 137 cm³/mol. The Morgan fingerprint density at radius 1 is 0.781 bits per heavy atom. The minimum absolute atomic E-state index is 0.0401. The Morgan fingerprint density at radius 2 is 1.28 bits per heavy atom. The van der Waals surface area contributed by atoms with E-state index in [4.69, 9.17) is 9.47 Å². The zero-order chi connectivity index (χ0) is 24.0. The number of anilines is 1. The van der Waals surface area contributed by atoms with Crippen LogP contribution >= 0.6 is 0 Å². The first-order chi connectivity index (χ1) is 15.0. The van der Waals surface area contributed by atoms with E-state index in [1.165, 1.54) is 57.8 Å². The number of hydrogen-bond acceptors (Lipinski definition) is 3. The van der Waals surface area contributed by atoms with E-state index in [0.717, 1.165) is 24.5 Å². The van der Waals surface area contributed by atoms with Crippen molar-refractivity contribution in [1.29, 1.82) is 0 Å². The van der Waals surface area contributed by atoms with Crippen molar-refractivity contribution in [3.8, 4) is 5.75 Å². The summed E-state index contributed by atoms with van der Waals surface area (Å²) in [5.41, 5.74) is 0.271. The summed E-state index contributed by atoms with van der Waals surface area (Å²) in [7, 11) is 0. The highest BCUT2D eigenvalue weighted by atomic mass is 16.6. The van der Waals surface area contributed by atoms with Crippen molar-refractivity contribution < 1.29 is 14.3 Å². The Balaban J connectivity index is 2.41. The second kappa shape index (κ2) is 14.4. The molecule has 0 N–H and O–H groups in total. The van der Waals surface area contributed by atoms with E-state index >= 15 is 0 Å². The molecule has 0 spiro atoms. The lowest BCUT2D eigenvalue weighted by atomic mass is 9.96. The normalized spacial score (nSPS) is 12.0. The van der Waals surface area contributed by atoms with Gasteiger partial charge in [-0.1, -0.05) is 85.5 Å². The van der Waals surface area contributed by atoms with Crippen LogP contribution in [0.15, 0.2) is 24.3 Å². The summed E-state index contributed by atoms with van der Waals surface area (Å²) >= 11 is 0. The van der Waals surface area contributed by atoms with Gasteiger partial charge < -0.3 is 9.47 Å². The fourth-order valence-corrected chi connectivity index (χ4v) is 3.55. The maximum atomic E-state index is 12.8. The topological polar surface area (TPSA) is 38.8 Å². The molecule has 1 aromatic carbocycles. The average Bonchev–Trinajstić information content (AvgIpc) is 2.69. The van der Waals surface area contributed by atoms with Gasteiger partial charge in [-0.25, -0.2) is 4.79 Å². The zero-order valence-electron chi connectivity index (χ0n) is 22.0. The van der Waals surface area contributed by atoms with E-state index in [9.17, 15) is 4.79 Å². The standard InChI is InChI=1S/C28H49NO3/c1-8-9-10-11-12-13-14-15-16-17-22-31-25-20-18-24(19-21-25)29(23-27(2,3)4)26(30)32-28(5,6)7/h18-21H,8-17,22-23H2,1-7H3. The van der Waals surface area contributed by atoms with Gasteiger partial charge in [0, 0.05) is 12.2 Å². The van der Waals surface area contributed by atoms with Gasteiger partial charge in [0.15, 0.2) is 0 Å². The molecule has 4 nitrogen and oxygen atoms in total. The van der Waals surface area contributed by atoms with Crippen LogP contribution in [-0.2, 0) is 4.74 Å². The first-order valence-corrected chi connectivity index (χ1v) is 12.8. The summed E-state index contributed by atoms with van der Waals surface area (Å²) in [5.74, 6) is 0.851. The number of nitrogens with zero attached hydrogens (tertiary/aromatic N) is 1. The van der Waals surface area contributed by atoms with Crippen LogP contribution < -0.4 is 9.64 Å². The van der Waals surface area contributed by atoms with Gasteiger partial charge in [-0.2, -0.15) is 0 Å². The molecule has 0 aliphatic heterocycles. The lowest BCUT2D eigenvalue weighted by Gasteiger charge is -2.32. The molecule has 0 radical (unpaired) electrons. The van der Waals surface area contributed by atoms with E-state index in [1.54, 1.807) is 4.90 Å². The summed E-state index contributed by atoms with van der Waals surface area (Å²) in [6.45, 7) is 15.6. The summed E-state index contributed by atoms with van der Waals surface area (Å²) in [4.78, 5) is 14.5. The Hall–Kier alpha value is -1.71. The van der Waals surface area contributed by atoms with E-state index in [-0.39, 0.29) is 11.5 Å². The highest BCUT2D eigenvalue weighted by Gasteiger charge is 2.27. The summed E-state index contributed by atoms with van der Waals surface area (Å²) in [6, 6.07) is 7.80. The highest BCUT2D eigenvalue weighted by molar-refractivity contribution is 5.88. The van der Waals surface area contributed by atoms with Crippen molar-refractivity contribution in [3.63, 3.8) is 0 Å². The van der Waals surface area contributed by atoms with Crippen molar-refractivity contribution in [2.24, 2.45) is 5.41 Å². The number of hydrogen-bond donors (Lipinski definition) is 0. The Labute approximate surface area is 198 Å². The Kier molecular flexibility index (Phi) is 12.8. The van der Waals surface area contributed by atoms with E-state index in [1.807, 2.05) is 45.0 Å². The molecule has 0 aliphatic rings. The molecule has 0 aliphatic carbocycles. The second-order valence-corrected chi connectivity index (χ2v) is 11.2. The summed E-state index contributed by atoms with van der Waals surface area (Å²) < 4.78 is 11.6. The van der Waals surface area contributed by atoms with Crippen LogP contribution in [0, 0.1) is 5.41 Å². The molecule has 32 heavy (non-hydrogen) atoms. The number of unbranched alkanes of at least 4 members (excludes halogenated alkanes) is 9. The van der Waals surface area contributed by atoms with Gasteiger partial charge in [0.05, 0.1) is 6.61 Å². The Morgan fingerprint density at radius 3 is 1.75 bits per heavy atom. The van der Waals surface area contributed by atoms with Gasteiger partial charge in [-0.3, -0.25) is 4.90 Å². The minimum Gasteiger partial charge on any atom is -0.494 e. The maximum absolute atomic E-state index is 12.8. The van der Waals surface area contributed by atoms with Crippen LogP contribution in [0.1, 0.15) is 113 Å². The fraction of sp³-hybridized carbons (Fsp3) is 0.750. The number of benzene rings is 1. The molecule has 4 heteroatoms. The first-order valence-electron chi connectivity index (χ1n) is 12.8. The molecular weight excluding hydrogens is 398 g/mol. The molecule has 0 saturated carbocycles. The van der Waals surface area contributed by atoms with Crippen LogP contribution in [-0.4, -0.2) is 24.8 Å². The van der Waals surface area contributed by atoms with E-state index in [2.05, 4.69) is 27.7 Å². The summed E-state index contributed by atoms with van der Waals surface area (Å²) in [5, 5.41) is 0. The van der Waals surface area contributed by atoms with E-state index in [0.29, 0.717) is 6.54 Å². The van der Waals surface area contributed by atoms with Gasteiger partial charge in [0.25, 0.3) is 0 Å². The van der Waals surface area contributed by atoms with Crippen molar-refractivity contribution in [2.45, 2.75) is 118 Å². The van der Waals surface area contributed by atoms with Gasteiger partial charge in [-0.05, 0) is 56.9 Å². The molecule has 0 fully saturated rings. The highest BCUT2D eigenvalue weighted by Crippen LogP contribution is 2.26. The summed E-state index contributed by atoms with van der Waals surface area (Å²) in [6.07, 6.45) is 12.9. The van der Waals surface area contributed by atoms with E-state index < -0.39 is 5.60 Å². The SMILES string of the molecule is CCCCCCCCCCCCOc1ccc(N(CC(C)(C)C)C(=O)OC(C)(C)C)cc1. The third-order valence-corrected chi connectivity index (χ3v) is 5.16. The van der Waals surface area contributed by atoms with Crippen LogP contribution in [0.2, 0.25) is 0 Å². The van der Waals surface area contributed by atoms with Crippen molar-refractivity contribution >= 4 is 11.8 Å². The van der Waals surface area contributed by atoms with Gasteiger partial charge in [0.2, 0.25) is 0 Å². The molecule has 0 aromatic heterocycles. The maximum Gasteiger partial charge on any atom is 0.414 e. The molecule has 0 atom stereocenters. The number of rotatable bonds is 14. The van der Waals surface area contributed by atoms with Crippen LogP contribution in [0.4, 0.5) is 10.5 Å². The lowest BCUT2D eigenvalue weighted by molar-refractivity contribution is 0.0568. The molecule has 1 rings (SSSR count). The van der Waals surface area contributed by atoms with Gasteiger partial charge in [-0.15, -0.1) is 0 Å². The number of carbonyl (C=O) groups is 1.